The summed E-state index contributed by atoms with van der Waals surface area (Å²) in [5, 5.41) is 2.19. The van der Waals surface area contributed by atoms with Crippen molar-refractivity contribution in [2.45, 2.75) is 44.3 Å². The molecule has 2 bridgehead atoms. The van der Waals surface area contributed by atoms with Crippen molar-refractivity contribution in [3.05, 3.63) is 20.8 Å². The van der Waals surface area contributed by atoms with Gasteiger partial charge < -0.3 is 0 Å². The van der Waals surface area contributed by atoms with Gasteiger partial charge in [-0.2, -0.15) is 0 Å². The normalized spacial score (nSPS) is 31.5. The van der Waals surface area contributed by atoms with E-state index < -0.39 is 0 Å². The highest BCUT2D eigenvalue weighted by molar-refractivity contribution is 9.10. The van der Waals surface area contributed by atoms with Crippen LogP contribution in [0.1, 0.15) is 30.6 Å². The molecule has 2 aliphatic heterocycles. The number of thiophene rings is 1. The fourth-order valence-corrected chi connectivity index (χ4v) is 4.35. The van der Waals surface area contributed by atoms with Gasteiger partial charge in [-0.1, -0.05) is 0 Å². The van der Waals surface area contributed by atoms with Crippen LogP contribution in [-0.4, -0.2) is 17.0 Å². The van der Waals surface area contributed by atoms with E-state index in [0.29, 0.717) is 0 Å². The van der Waals surface area contributed by atoms with Crippen molar-refractivity contribution in [3.63, 3.8) is 0 Å². The summed E-state index contributed by atoms with van der Waals surface area (Å²) in [4.78, 5) is 4.23. The van der Waals surface area contributed by atoms with Crippen LogP contribution in [0.3, 0.4) is 0 Å². The van der Waals surface area contributed by atoms with E-state index in [2.05, 4.69) is 32.3 Å². The molecule has 76 valence electrons. The van der Waals surface area contributed by atoms with E-state index in [-0.39, 0.29) is 0 Å². The molecule has 0 aromatic carbocycles. The van der Waals surface area contributed by atoms with Gasteiger partial charge in [0.2, 0.25) is 0 Å². The first kappa shape index (κ1) is 9.37. The first-order chi connectivity index (χ1) is 6.83. The summed E-state index contributed by atoms with van der Waals surface area (Å²) in [6, 6.07) is 4.07. The van der Waals surface area contributed by atoms with Crippen molar-refractivity contribution in [1.29, 1.82) is 0 Å². The van der Waals surface area contributed by atoms with Gasteiger partial charge >= 0.3 is 0 Å². The number of rotatable bonds is 2. The van der Waals surface area contributed by atoms with Crippen molar-refractivity contribution in [3.8, 4) is 0 Å². The van der Waals surface area contributed by atoms with Gasteiger partial charge in [0, 0.05) is 33.4 Å². The van der Waals surface area contributed by atoms with E-state index in [1.807, 2.05) is 11.3 Å². The van der Waals surface area contributed by atoms with Crippen LogP contribution in [0.4, 0.5) is 0 Å². The number of halogens is 1. The van der Waals surface area contributed by atoms with Crippen LogP contribution in [0.2, 0.25) is 0 Å². The van der Waals surface area contributed by atoms with Gasteiger partial charge in [0.1, 0.15) is 0 Å². The first-order valence-corrected chi connectivity index (χ1v) is 6.99. The summed E-state index contributed by atoms with van der Waals surface area (Å²) in [6.07, 6.45) is 5.77. The summed E-state index contributed by atoms with van der Waals surface area (Å²) in [6.45, 7) is 1.19. The Bertz CT molecular complexity index is 316. The number of fused-ring (bicyclic) bond motifs is 2. The Morgan fingerprint density at radius 2 is 1.93 bits per heavy atom. The van der Waals surface area contributed by atoms with Crippen LogP contribution in [0.15, 0.2) is 15.9 Å². The minimum absolute atomic E-state index is 0.904. The van der Waals surface area contributed by atoms with Crippen LogP contribution in [-0.2, 0) is 6.54 Å². The maximum Gasteiger partial charge on any atom is 0.0334 e. The lowest BCUT2D eigenvalue weighted by Gasteiger charge is -2.20. The SMILES string of the molecule is Brc1csc(CN2C3CCC2CC3)c1. The molecule has 2 fully saturated rings. The van der Waals surface area contributed by atoms with Crippen LogP contribution in [0, 0.1) is 0 Å². The molecule has 1 aromatic rings. The minimum atomic E-state index is 0.904. The van der Waals surface area contributed by atoms with E-state index in [1.165, 1.54) is 41.6 Å². The Hall–Kier alpha value is 0.140. The summed E-state index contributed by atoms with van der Waals surface area (Å²) < 4.78 is 1.24. The third-order valence-corrected chi connectivity index (χ3v) is 5.25. The van der Waals surface area contributed by atoms with Gasteiger partial charge in [0.25, 0.3) is 0 Å². The Kier molecular flexibility index (Phi) is 2.42. The van der Waals surface area contributed by atoms with Crippen LogP contribution < -0.4 is 0 Å². The van der Waals surface area contributed by atoms with Crippen LogP contribution >= 0.6 is 27.3 Å². The Morgan fingerprint density at radius 1 is 1.29 bits per heavy atom. The molecule has 0 aliphatic carbocycles. The molecule has 2 saturated heterocycles. The van der Waals surface area contributed by atoms with Crippen LogP contribution in [0.5, 0.6) is 0 Å². The second-order valence-electron chi connectivity index (χ2n) is 4.37. The van der Waals surface area contributed by atoms with Gasteiger partial charge in [-0.25, -0.2) is 0 Å². The second kappa shape index (κ2) is 3.62. The third kappa shape index (κ3) is 1.55. The van der Waals surface area contributed by atoms with Crippen molar-refractivity contribution < 1.29 is 0 Å². The number of hydrogen-bond donors (Lipinski definition) is 0. The predicted octanol–water partition coefficient (Wildman–Crippen LogP) is 3.64. The molecule has 0 radical (unpaired) electrons. The molecule has 2 aliphatic rings. The summed E-state index contributed by atoms with van der Waals surface area (Å²) in [5.41, 5.74) is 0. The Balaban J connectivity index is 1.73. The largest absolute Gasteiger partial charge is 0.292 e. The van der Waals surface area contributed by atoms with Gasteiger partial charge in [-0.3, -0.25) is 4.90 Å². The fourth-order valence-electron chi connectivity index (χ4n) is 2.89. The zero-order valence-corrected chi connectivity index (χ0v) is 10.5. The highest BCUT2D eigenvalue weighted by Crippen LogP contribution is 2.39. The highest BCUT2D eigenvalue weighted by Gasteiger charge is 2.38. The van der Waals surface area contributed by atoms with E-state index in [4.69, 9.17) is 0 Å². The van der Waals surface area contributed by atoms with E-state index >= 15 is 0 Å². The van der Waals surface area contributed by atoms with Gasteiger partial charge in [0.05, 0.1) is 0 Å². The molecule has 3 heteroatoms. The molecule has 3 rings (SSSR count). The topological polar surface area (TPSA) is 3.24 Å². The zero-order valence-electron chi connectivity index (χ0n) is 8.08. The molecule has 14 heavy (non-hydrogen) atoms. The molecule has 0 atom stereocenters. The highest BCUT2D eigenvalue weighted by atomic mass is 79.9. The Morgan fingerprint density at radius 3 is 2.43 bits per heavy atom. The van der Waals surface area contributed by atoms with Crippen molar-refractivity contribution in [2.75, 3.05) is 0 Å². The third-order valence-electron chi connectivity index (χ3n) is 3.56. The predicted molar refractivity (Wildman–Crippen MR) is 63.6 cm³/mol. The first-order valence-electron chi connectivity index (χ1n) is 5.31. The molecule has 0 spiro atoms. The van der Waals surface area contributed by atoms with Crippen molar-refractivity contribution in [1.82, 2.24) is 4.90 Å². The van der Waals surface area contributed by atoms with Gasteiger partial charge in [-0.15, -0.1) is 11.3 Å². The molecular weight excluding hydrogens is 258 g/mol. The lowest BCUT2D eigenvalue weighted by molar-refractivity contribution is 0.246. The average Bonchev–Trinajstić information content (AvgIpc) is 2.85. The minimum Gasteiger partial charge on any atom is -0.292 e. The summed E-state index contributed by atoms with van der Waals surface area (Å²) in [5.74, 6) is 0. The maximum atomic E-state index is 3.52. The zero-order chi connectivity index (χ0) is 9.54. The molecule has 0 N–H and O–H groups in total. The Labute approximate surface area is 97.2 Å². The van der Waals surface area contributed by atoms with Crippen molar-refractivity contribution >= 4 is 27.3 Å². The van der Waals surface area contributed by atoms with E-state index in [9.17, 15) is 0 Å². The van der Waals surface area contributed by atoms with Gasteiger partial charge in [0.15, 0.2) is 0 Å². The molecular formula is C11H14BrNS. The van der Waals surface area contributed by atoms with E-state index in [0.717, 1.165) is 12.1 Å². The van der Waals surface area contributed by atoms with Crippen molar-refractivity contribution in [2.24, 2.45) is 0 Å². The fraction of sp³-hybridized carbons (Fsp3) is 0.636. The molecule has 1 aromatic heterocycles. The standard InChI is InChI=1S/C11H14BrNS/c12-8-5-11(14-7-8)6-13-9-1-2-10(13)4-3-9/h5,7,9-10H,1-4,6H2. The summed E-state index contributed by atoms with van der Waals surface area (Å²) in [7, 11) is 0. The van der Waals surface area contributed by atoms with Gasteiger partial charge in [-0.05, 0) is 47.7 Å². The number of nitrogens with zero attached hydrogens (tertiary/aromatic N) is 1. The lowest BCUT2D eigenvalue weighted by atomic mass is 10.0. The quantitative estimate of drug-likeness (QED) is 0.794. The van der Waals surface area contributed by atoms with Crippen LogP contribution in [0.25, 0.3) is 0 Å². The summed E-state index contributed by atoms with van der Waals surface area (Å²) >= 11 is 5.40. The molecule has 0 amide bonds. The molecule has 3 heterocycles. The average molecular weight is 272 g/mol. The molecule has 1 nitrogen and oxygen atoms in total. The smallest absolute Gasteiger partial charge is 0.0334 e. The number of hydrogen-bond acceptors (Lipinski definition) is 2. The lowest BCUT2D eigenvalue weighted by Crippen LogP contribution is -2.27. The van der Waals surface area contributed by atoms with E-state index in [1.54, 1.807) is 0 Å². The molecule has 0 unspecified atom stereocenters. The second-order valence-corrected chi connectivity index (χ2v) is 6.28. The monoisotopic (exact) mass is 271 g/mol. The molecule has 0 saturated carbocycles. The maximum absolute atomic E-state index is 3.52.